The first kappa shape index (κ1) is 14.2. The molecule has 1 unspecified atom stereocenters. The molecule has 0 radical (unpaired) electrons. The van der Waals surface area contributed by atoms with Crippen molar-refractivity contribution in [2.24, 2.45) is 5.73 Å². The number of ether oxygens (including phenoxy) is 1. The van der Waals surface area contributed by atoms with Gasteiger partial charge in [-0.2, -0.15) is 0 Å². The van der Waals surface area contributed by atoms with Crippen LogP contribution in [-0.4, -0.2) is 66.8 Å². The van der Waals surface area contributed by atoms with Gasteiger partial charge in [-0.15, -0.1) is 0 Å². The van der Waals surface area contributed by atoms with Gasteiger partial charge >= 0.3 is 0 Å². The van der Waals surface area contributed by atoms with Gasteiger partial charge in [-0.25, -0.2) is 0 Å². The van der Waals surface area contributed by atoms with Gasteiger partial charge in [0.1, 0.15) is 0 Å². The molecule has 2 saturated heterocycles. The van der Waals surface area contributed by atoms with Crippen LogP contribution >= 0.6 is 12.2 Å². The number of hydrogen-bond donors (Lipinski definition) is 1. The lowest BCUT2D eigenvalue weighted by Crippen LogP contribution is -2.48. The van der Waals surface area contributed by atoms with Crippen LogP contribution in [0.1, 0.15) is 25.7 Å². The van der Waals surface area contributed by atoms with E-state index < -0.39 is 0 Å². The lowest BCUT2D eigenvalue weighted by atomic mass is 10.1. The van der Waals surface area contributed by atoms with Crippen LogP contribution < -0.4 is 5.73 Å². The highest BCUT2D eigenvalue weighted by Crippen LogP contribution is 2.17. The molecule has 2 N–H and O–H groups in total. The Morgan fingerprint density at radius 3 is 2.56 bits per heavy atom. The van der Waals surface area contributed by atoms with Crippen LogP contribution in [0.4, 0.5) is 0 Å². The molecule has 0 aromatic carbocycles. The average molecular weight is 271 g/mol. The Balaban J connectivity index is 1.54. The number of thiocarbonyl (C=S) groups is 1. The summed E-state index contributed by atoms with van der Waals surface area (Å²) in [6, 6.07) is 0. The minimum absolute atomic E-state index is 0.543. The van der Waals surface area contributed by atoms with Gasteiger partial charge in [-0.3, -0.25) is 4.90 Å². The summed E-state index contributed by atoms with van der Waals surface area (Å²) in [4.78, 5) is 5.51. The molecule has 2 heterocycles. The van der Waals surface area contributed by atoms with E-state index in [1.165, 1.54) is 32.2 Å². The monoisotopic (exact) mass is 271 g/mol. The van der Waals surface area contributed by atoms with Crippen LogP contribution in [0.2, 0.25) is 0 Å². The second-order valence-electron chi connectivity index (χ2n) is 5.36. The van der Waals surface area contributed by atoms with Gasteiger partial charge in [-0.05, 0) is 32.2 Å². The van der Waals surface area contributed by atoms with E-state index in [0.29, 0.717) is 11.1 Å². The number of piperazine rings is 1. The molecule has 2 fully saturated rings. The zero-order valence-electron chi connectivity index (χ0n) is 11.1. The molecule has 0 aliphatic carbocycles. The predicted molar refractivity (Wildman–Crippen MR) is 77.9 cm³/mol. The number of nitrogens with two attached hydrogens (primary N) is 1. The molecule has 2 aliphatic heterocycles. The highest BCUT2D eigenvalue weighted by molar-refractivity contribution is 7.80. The SMILES string of the molecule is NC(=S)CN1CCN(CCCC2CCCO2)CC1. The highest BCUT2D eigenvalue weighted by Gasteiger charge is 2.18. The Hall–Kier alpha value is -0.230. The van der Waals surface area contributed by atoms with Crippen molar-refractivity contribution in [2.45, 2.75) is 31.8 Å². The van der Waals surface area contributed by atoms with Gasteiger partial charge in [0.15, 0.2) is 0 Å². The molecular formula is C13H25N3OS. The van der Waals surface area contributed by atoms with Gasteiger partial charge in [0.05, 0.1) is 11.1 Å². The van der Waals surface area contributed by atoms with E-state index in [1.54, 1.807) is 0 Å². The Morgan fingerprint density at radius 1 is 1.22 bits per heavy atom. The molecule has 0 saturated carbocycles. The molecule has 0 amide bonds. The quantitative estimate of drug-likeness (QED) is 0.725. The smallest absolute Gasteiger partial charge is 0.0870 e. The molecule has 5 heteroatoms. The van der Waals surface area contributed by atoms with Gasteiger partial charge in [-0.1, -0.05) is 12.2 Å². The van der Waals surface area contributed by atoms with Crippen molar-refractivity contribution in [3.05, 3.63) is 0 Å². The first-order chi connectivity index (χ1) is 8.74. The summed E-state index contributed by atoms with van der Waals surface area (Å²) in [7, 11) is 0. The summed E-state index contributed by atoms with van der Waals surface area (Å²) in [5.74, 6) is 0. The summed E-state index contributed by atoms with van der Waals surface area (Å²) in [6.45, 7) is 7.44. The van der Waals surface area contributed by atoms with Crippen molar-refractivity contribution in [2.75, 3.05) is 45.9 Å². The summed E-state index contributed by atoms with van der Waals surface area (Å²) in [5, 5.41) is 0. The Morgan fingerprint density at radius 2 is 1.94 bits per heavy atom. The van der Waals surface area contributed by atoms with Crippen LogP contribution in [0.3, 0.4) is 0 Å². The number of rotatable bonds is 6. The standard InChI is InChI=1S/C13H25N3OS/c14-13(18)11-16-8-6-15(7-9-16)5-1-3-12-4-2-10-17-12/h12H,1-11H2,(H2,14,18). The normalized spacial score (nSPS) is 26.6. The van der Waals surface area contributed by atoms with Gasteiger partial charge < -0.3 is 15.4 Å². The molecule has 0 bridgehead atoms. The van der Waals surface area contributed by atoms with E-state index in [-0.39, 0.29) is 0 Å². The van der Waals surface area contributed by atoms with Crippen LogP contribution in [0.15, 0.2) is 0 Å². The summed E-state index contributed by atoms with van der Waals surface area (Å²) in [6.07, 6.45) is 5.55. The van der Waals surface area contributed by atoms with Gasteiger partial charge in [0.2, 0.25) is 0 Å². The Bertz CT molecular complexity index is 261. The average Bonchev–Trinajstić information content (AvgIpc) is 2.84. The van der Waals surface area contributed by atoms with Crippen LogP contribution in [-0.2, 0) is 4.74 Å². The maximum absolute atomic E-state index is 5.65. The molecule has 2 rings (SSSR count). The van der Waals surface area contributed by atoms with Crippen LogP contribution in [0, 0.1) is 0 Å². The number of hydrogen-bond acceptors (Lipinski definition) is 4. The van der Waals surface area contributed by atoms with Crippen molar-refractivity contribution < 1.29 is 4.74 Å². The largest absolute Gasteiger partial charge is 0.392 e. The third-order valence-electron chi connectivity index (χ3n) is 3.87. The van der Waals surface area contributed by atoms with E-state index in [2.05, 4.69) is 9.80 Å². The van der Waals surface area contributed by atoms with Crippen LogP contribution in [0.25, 0.3) is 0 Å². The van der Waals surface area contributed by atoms with Crippen LogP contribution in [0.5, 0.6) is 0 Å². The van der Waals surface area contributed by atoms with E-state index >= 15 is 0 Å². The minimum Gasteiger partial charge on any atom is -0.392 e. The van der Waals surface area contributed by atoms with E-state index in [0.717, 1.165) is 39.3 Å². The molecule has 0 aromatic rings. The predicted octanol–water partition coefficient (Wildman–Crippen LogP) is 0.849. The second kappa shape index (κ2) is 7.38. The third-order valence-corrected chi connectivity index (χ3v) is 4.00. The Labute approximate surface area is 115 Å². The summed E-state index contributed by atoms with van der Waals surface area (Å²) < 4.78 is 5.65. The Kier molecular flexibility index (Phi) is 5.82. The van der Waals surface area contributed by atoms with E-state index in [4.69, 9.17) is 22.7 Å². The van der Waals surface area contributed by atoms with Crippen molar-refractivity contribution >= 4 is 17.2 Å². The maximum Gasteiger partial charge on any atom is 0.0870 e. The molecule has 0 aromatic heterocycles. The second-order valence-corrected chi connectivity index (χ2v) is 5.89. The van der Waals surface area contributed by atoms with E-state index in [9.17, 15) is 0 Å². The van der Waals surface area contributed by atoms with Crippen molar-refractivity contribution in [3.63, 3.8) is 0 Å². The molecule has 104 valence electrons. The fourth-order valence-corrected chi connectivity index (χ4v) is 2.99. The zero-order chi connectivity index (χ0) is 12.8. The van der Waals surface area contributed by atoms with Gasteiger partial charge in [0, 0.05) is 39.3 Å². The maximum atomic E-state index is 5.65. The summed E-state index contributed by atoms with van der Waals surface area (Å²) in [5.41, 5.74) is 5.57. The lowest BCUT2D eigenvalue weighted by molar-refractivity contribution is 0.0933. The van der Waals surface area contributed by atoms with Crippen molar-refractivity contribution in [3.8, 4) is 0 Å². The first-order valence-corrected chi connectivity index (χ1v) is 7.49. The molecule has 4 nitrogen and oxygen atoms in total. The molecular weight excluding hydrogens is 246 g/mol. The van der Waals surface area contributed by atoms with E-state index in [1.807, 2.05) is 0 Å². The minimum atomic E-state index is 0.543. The van der Waals surface area contributed by atoms with Crippen molar-refractivity contribution in [1.29, 1.82) is 0 Å². The third kappa shape index (κ3) is 4.80. The molecule has 0 spiro atoms. The topological polar surface area (TPSA) is 41.7 Å². The fourth-order valence-electron chi connectivity index (χ4n) is 2.81. The van der Waals surface area contributed by atoms with Crippen molar-refractivity contribution in [1.82, 2.24) is 9.80 Å². The molecule has 18 heavy (non-hydrogen) atoms. The zero-order valence-corrected chi connectivity index (χ0v) is 12.0. The molecule has 2 aliphatic rings. The highest BCUT2D eigenvalue weighted by atomic mass is 32.1. The number of nitrogens with zero attached hydrogens (tertiary/aromatic N) is 2. The van der Waals surface area contributed by atoms with Gasteiger partial charge in [0.25, 0.3) is 0 Å². The molecule has 1 atom stereocenters. The first-order valence-electron chi connectivity index (χ1n) is 7.08. The fraction of sp³-hybridized carbons (Fsp3) is 0.923. The summed E-state index contributed by atoms with van der Waals surface area (Å²) >= 11 is 4.95. The lowest BCUT2D eigenvalue weighted by Gasteiger charge is -2.34.